The van der Waals surface area contributed by atoms with Gasteiger partial charge in [-0.3, -0.25) is 9.59 Å². The van der Waals surface area contributed by atoms with Crippen LogP contribution < -0.4 is 5.73 Å². The molecule has 33 heavy (non-hydrogen) atoms. The maximum absolute atomic E-state index is 13.6. The lowest BCUT2D eigenvalue weighted by molar-refractivity contribution is -0.143. The van der Waals surface area contributed by atoms with Crippen LogP contribution in [-0.4, -0.2) is 41.8 Å². The van der Waals surface area contributed by atoms with Crippen LogP contribution in [0.2, 0.25) is 5.02 Å². The van der Waals surface area contributed by atoms with Gasteiger partial charge < -0.3 is 10.8 Å². The predicted octanol–water partition coefficient (Wildman–Crippen LogP) is 3.49. The largest absolute Gasteiger partial charge is 0.480 e. The number of benzene rings is 3. The number of nitrogens with two attached hydrogens (primary N) is 1. The Balaban J connectivity index is 1.73. The molecule has 170 valence electrons. The molecule has 0 radical (unpaired) electrons. The number of carboxylic acid groups (broad SMARTS) is 1. The molecule has 1 aliphatic rings. The number of rotatable bonds is 8. The number of hydrogen-bond donors (Lipinski definition) is 2. The number of carbonyl (C=O) groups excluding carboxylic acids is 1. The van der Waals surface area contributed by atoms with Crippen LogP contribution in [0, 0.1) is 0 Å². The van der Waals surface area contributed by atoms with E-state index >= 15 is 0 Å². The molecule has 1 fully saturated rings. The number of sulfonamides is 1. The molecule has 3 aromatic rings. The Labute approximate surface area is 196 Å². The summed E-state index contributed by atoms with van der Waals surface area (Å²) in [5.74, 6) is -2.85. The number of aliphatic carboxylic acids is 1. The minimum Gasteiger partial charge on any atom is -0.480 e. The zero-order valence-corrected chi connectivity index (χ0v) is 19.0. The summed E-state index contributed by atoms with van der Waals surface area (Å²) in [7, 11) is -4.35. The number of hydrogen-bond acceptors (Lipinski definition) is 4. The summed E-state index contributed by atoms with van der Waals surface area (Å²) in [6.07, 6.45) is 0.0434. The molecule has 1 amide bonds. The van der Waals surface area contributed by atoms with Crippen LogP contribution in [0.5, 0.6) is 0 Å². The van der Waals surface area contributed by atoms with Gasteiger partial charge in [0.05, 0.1) is 11.4 Å². The fraction of sp³-hybridized carbons (Fsp3) is 0.167. The minimum atomic E-state index is -4.35. The van der Waals surface area contributed by atoms with E-state index in [2.05, 4.69) is 0 Å². The van der Waals surface area contributed by atoms with Crippen molar-refractivity contribution in [3.05, 3.63) is 89.4 Å². The number of primary amides is 1. The average Bonchev–Trinajstić information content (AvgIpc) is 3.55. The van der Waals surface area contributed by atoms with Crippen molar-refractivity contribution in [3.8, 4) is 11.1 Å². The Hall–Kier alpha value is -3.20. The molecule has 0 aromatic heterocycles. The fourth-order valence-electron chi connectivity index (χ4n) is 4.12. The number of carbonyl (C=O) groups is 2. The lowest BCUT2D eigenvalue weighted by Gasteiger charge is -2.28. The normalized spacial score (nSPS) is 19.9. The van der Waals surface area contributed by atoms with Gasteiger partial charge in [-0.05, 0) is 47.4 Å². The zero-order valence-electron chi connectivity index (χ0n) is 17.4. The second kappa shape index (κ2) is 8.62. The quantitative estimate of drug-likeness (QED) is 0.507. The molecule has 1 aliphatic carbocycles. The van der Waals surface area contributed by atoms with E-state index < -0.39 is 39.9 Å². The molecule has 4 rings (SSSR count). The van der Waals surface area contributed by atoms with Gasteiger partial charge in [0.2, 0.25) is 15.9 Å². The first-order valence-corrected chi connectivity index (χ1v) is 11.9. The summed E-state index contributed by atoms with van der Waals surface area (Å²) in [5, 5.41) is 10.7. The topological polar surface area (TPSA) is 118 Å². The molecule has 7 nitrogen and oxygen atoms in total. The van der Waals surface area contributed by atoms with Crippen LogP contribution in [0.3, 0.4) is 0 Å². The van der Waals surface area contributed by atoms with E-state index in [-0.39, 0.29) is 11.3 Å². The molecule has 0 bridgehead atoms. The van der Waals surface area contributed by atoms with Gasteiger partial charge in [0.1, 0.15) is 5.54 Å². The van der Waals surface area contributed by atoms with E-state index in [0.717, 1.165) is 15.4 Å². The molecule has 3 N–H and O–H groups in total. The first kappa shape index (κ1) is 23.0. The molecule has 0 heterocycles. The van der Waals surface area contributed by atoms with Gasteiger partial charge in [-0.2, -0.15) is 4.31 Å². The molecule has 0 saturated heterocycles. The molecule has 0 unspecified atom stereocenters. The average molecular weight is 485 g/mol. The number of amides is 1. The number of nitrogens with zero attached hydrogens (tertiary/aromatic N) is 1. The maximum atomic E-state index is 13.6. The van der Waals surface area contributed by atoms with Crippen LogP contribution in [0.15, 0.2) is 83.8 Å². The van der Waals surface area contributed by atoms with Crippen molar-refractivity contribution in [2.24, 2.45) is 5.73 Å². The van der Waals surface area contributed by atoms with Gasteiger partial charge in [0.25, 0.3) is 0 Å². The second-order valence-electron chi connectivity index (χ2n) is 7.91. The van der Waals surface area contributed by atoms with E-state index in [4.69, 9.17) is 17.3 Å². The van der Waals surface area contributed by atoms with Gasteiger partial charge in [0, 0.05) is 10.9 Å². The highest BCUT2D eigenvalue weighted by atomic mass is 35.5. The maximum Gasteiger partial charge on any atom is 0.325 e. The Morgan fingerprint density at radius 2 is 1.52 bits per heavy atom. The van der Waals surface area contributed by atoms with Crippen LogP contribution in [-0.2, 0) is 19.6 Å². The molecule has 3 aromatic carbocycles. The lowest BCUT2D eigenvalue weighted by Crippen LogP contribution is -2.51. The minimum absolute atomic E-state index is 0.0434. The van der Waals surface area contributed by atoms with Crippen molar-refractivity contribution in [2.45, 2.75) is 22.8 Å². The van der Waals surface area contributed by atoms with Crippen molar-refractivity contribution in [2.75, 3.05) is 6.54 Å². The van der Waals surface area contributed by atoms with Gasteiger partial charge in [-0.25, -0.2) is 8.42 Å². The van der Waals surface area contributed by atoms with E-state index in [9.17, 15) is 23.1 Å². The summed E-state index contributed by atoms with van der Waals surface area (Å²) in [6.45, 7) is -0.739. The Bertz CT molecular complexity index is 1290. The predicted molar refractivity (Wildman–Crippen MR) is 124 cm³/mol. The van der Waals surface area contributed by atoms with Crippen molar-refractivity contribution >= 4 is 33.5 Å². The van der Waals surface area contributed by atoms with E-state index in [1.54, 1.807) is 66.7 Å². The molecule has 0 spiro atoms. The molecule has 1 saturated carbocycles. The second-order valence-corrected chi connectivity index (χ2v) is 10.2. The molecular weight excluding hydrogens is 464 g/mol. The molecular formula is C24H21ClN2O5S. The summed E-state index contributed by atoms with van der Waals surface area (Å²) >= 11 is 5.92. The van der Waals surface area contributed by atoms with E-state index in [1.165, 1.54) is 12.1 Å². The zero-order chi connectivity index (χ0) is 23.8. The highest BCUT2D eigenvalue weighted by Crippen LogP contribution is 2.57. The fourth-order valence-corrected chi connectivity index (χ4v) is 5.99. The van der Waals surface area contributed by atoms with E-state index in [1.807, 2.05) is 0 Å². The van der Waals surface area contributed by atoms with E-state index in [0.29, 0.717) is 10.6 Å². The van der Waals surface area contributed by atoms with Crippen LogP contribution in [0.4, 0.5) is 0 Å². The van der Waals surface area contributed by atoms with Gasteiger partial charge in [0.15, 0.2) is 0 Å². The van der Waals surface area contributed by atoms with Gasteiger partial charge in [-0.15, -0.1) is 0 Å². The highest BCUT2D eigenvalue weighted by Gasteiger charge is 2.68. The summed E-state index contributed by atoms with van der Waals surface area (Å²) < 4.78 is 27.9. The Kier molecular flexibility index (Phi) is 6.00. The smallest absolute Gasteiger partial charge is 0.325 e. The van der Waals surface area contributed by atoms with Crippen LogP contribution >= 0.6 is 11.6 Å². The standard InChI is InChI=1S/C24H21ClN2O5S/c25-19-10-6-16(7-11-19)17-8-12-20(13-9-17)33(31,32)27(15-22(26)28)24(23(29)30)14-21(24)18-4-2-1-3-5-18/h1-13,21H,14-15H2,(H2,26,28)(H,29,30)/t21-,24+/m0/s1. The summed E-state index contributed by atoms with van der Waals surface area (Å²) in [6, 6.07) is 21.9. The molecule has 2 atom stereocenters. The third-order valence-corrected chi connectivity index (χ3v) is 8.02. The van der Waals surface area contributed by atoms with Crippen LogP contribution in [0.1, 0.15) is 17.9 Å². The third-order valence-electron chi connectivity index (χ3n) is 5.87. The third kappa shape index (κ3) is 4.25. The first-order valence-electron chi connectivity index (χ1n) is 10.1. The molecule has 9 heteroatoms. The Morgan fingerprint density at radius 3 is 2.03 bits per heavy atom. The number of halogens is 1. The van der Waals surface area contributed by atoms with Crippen molar-refractivity contribution in [1.82, 2.24) is 4.31 Å². The van der Waals surface area contributed by atoms with Gasteiger partial charge in [-0.1, -0.05) is 66.2 Å². The lowest BCUT2D eigenvalue weighted by atomic mass is 10.1. The molecule has 0 aliphatic heterocycles. The Morgan fingerprint density at radius 1 is 0.970 bits per heavy atom. The number of carboxylic acids is 1. The summed E-state index contributed by atoms with van der Waals surface area (Å²) in [5.41, 5.74) is 5.83. The van der Waals surface area contributed by atoms with Crippen molar-refractivity contribution in [1.29, 1.82) is 0 Å². The SMILES string of the molecule is NC(=O)CN([C@]1(C(=O)O)C[C@H]1c1ccccc1)S(=O)(=O)c1ccc(-c2ccc(Cl)cc2)cc1. The van der Waals surface area contributed by atoms with Crippen molar-refractivity contribution in [3.63, 3.8) is 0 Å². The monoisotopic (exact) mass is 484 g/mol. The first-order chi connectivity index (χ1) is 15.7. The van der Waals surface area contributed by atoms with Crippen molar-refractivity contribution < 1.29 is 23.1 Å². The van der Waals surface area contributed by atoms with Crippen LogP contribution in [0.25, 0.3) is 11.1 Å². The van der Waals surface area contributed by atoms with Gasteiger partial charge >= 0.3 is 5.97 Å². The highest BCUT2D eigenvalue weighted by molar-refractivity contribution is 7.89. The summed E-state index contributed by atoms with van der Waals surface area (Å²) in [4.78, 5) is 24.0.